The van der Waals surface area contributed by atoms with Crippen molar-refractivity contribution in [3.8, 4) is 0 Å². The Kier molecular flexibility index (Phi) is 5.47. The van der Waals surface area contributed by atoms with Crippen molar-refractivity contribution in [2.45, 2.75) is 77.2 Å². The smallest absolute Gasteiger partial charge is 0.336 e. The number of fused-ring (bicyclic) bond motifs is 1. The SMILES string of the molecule is CC1=C(C(=O)OC2CCCCC2)[C@H](c2ccccc2C)C2C(=O)CCCC2=N1. The third kappa shape index (κ3) is 3.57. The molecule has 1 aliphatic heterocycles. The number of ether oxygens (including phenoxy) is 1. The zero-order chi connectivity index (χ0) is 19.7. The van der Waals surface area contributed by atoms with Crippen molar-refractivity contribution in [2.24, 2.45) is 10.9 Å². The van der Waals surface area contributed by atoms with E-state index in [9.17, 15) is 9.59 Å². The molecule has 2 aliphatic carbocycles. The van der Waals surface area contributed by atoms with Gasteiger partial charge >= 0.3 is 5.97 Å². The molecule has 2 fully saturated rings. The Morgan fingerprint density at radius 2 is 1.75 bits per heavy atom. The molecule has 0 aromatic heterocycles. The van der Waals surface area contributed by atoms with Crippen LogP contribution in [0.15, 0.2) is 40.5 Å². The molecule has 0 radical (unpaired) electrons. The standard InChI is InChI=1S/C24H29NO3/c1-15-9-6-7-12-18(15)22-21(24(27)28-17-10-4-3-5-11-17)16(2)25-19-13-8-14-20(26)23(19)22/h6-7,9,12,17,22-23H,3-5,8,10-11,13-14H2,1-2H3/t22-,23?/m0/s1. The van der Waals surface area contributed by atoms with E-state index >= 15 is 0 Å². The largest absolute Gasteiger partial charge is 0.459 e. The monoisotopic (exact) mass is 379 g/mol. The average Bonchev–Trinajstić information content (AvgIpc) is 2.68. The van der Waals surface area contributed by atoms with E-state index < -0.39 is 0 Å². The van der Waals surface area contributed by atoms with Crippen LogP contribution in [0.25, 0.3) is 0 Å². The Bertz CT molecular complexity index is 845. The summed E-state index contributed by atoms with van der Waals surface area (Å²) in [6.07, 6.45) is 7.55. The van der Waals surface area contributed by atoms with Gasteiger partial charge in [-0.1, -0.05) is 30.7 Å². The molecule has 4 rings (SSSR count). The van der Waals surface area contributed by atoms with Gasteiger partial charge in [-0.15, -0.1) is 0 Å². The number of carbonyl (C=O) groups excluding carboxylic acids is 2. The summed E-state index contributed by atoms with van der Waals surface area (Å²) >= 11 is 0. The lowest BCUT2D eigenvalue weighted by Crippen LogP contribution is -2.39. The molecule has 0 spiro atoms. The molecule has 0 amide bonds. The van der Waals surface area contributed by atoms with Crippen LogP contribution >= 0.6 is 0 Å². The summed E-state index contributed by atoms with van der Waals surface area (Å²) in [6.45, 7) is 3.94. The van der Waals surface area contributed by atoms with Crippen molar-refractivity contribution in [3.05, 3.63) is 46.7 Å². The normalized spacial score (nSPS) is 25.9. The summed E-state index contributed by atoms with van der Waals surface area (Å²) in [5.74, 6) is -0.683. The van der Waals surface area contributed by atoms with Crippen LogP contribution in [0.2, 0.25) is 0 Å². The number of nitrogens with zero attached hydrogens (tertiary/aromatic N) is 1. The molecule has 1 unspecified atom stereocenters. The molecule has 1 aromatic carbocycles. The minimum atomic E-state index is -0.326. The molecule has 1 aromatic rings. The topological polar surface area (TPSA) is 55.7 Å². The molecule has 2 atom stereocenters. The molecule has 4 nitrogen and oxygen atoms in total. The molecule has 148 valence electrons. The van der Waals surface area contributed by atoms with Crippen molar-refractivity contribution in [3.63, 3.8) is 0 Å². The first-order chi connectivity index (χ1) is 13.6. The van der Waals surface area contributed by atoms with Gasteiger partial charge in [-0.2, -0.15) is 0 Å². The summed E-state index contributed by atoms with van der Waals surface area (Å²) in [6, 6.07) is 8.08. The highest BCUT2D eigenvalue weighted by molar-refractivity contribution is 6.11. The molecule has 1 heterocycles. The predicted molar refractivity (Wildman–Crippen MR) is 109 cm³/mol. The summed E-state index contributed by atoms with van der Waals surface area (Å²) < 4.78 is 5.93. The number of Topliss-reactive ketones (excluding diaryl/α,β-unsaturated/α-hetero) is 1. The van der Waals surface area contributed by atoms with E-state index in [1.165, 1.54) is 6.42 Å². The molecule has 0 saturated heterocycles. The summed E-state index contributed by atoms with van der Waals surface area (Å²) in [5.41, 5.74) is 4.39. The van der Waals surface area contributed by atoms with Gasteiger partial charge in [0.15, 0.2) is 0 Å². The van der Waals surface area contributed by atoms with Crippen LogP contribution in [0, 0.1) is 12.8 Å². The maximum atomic E-state index is 13.3. The second-order valence-corrected chi connectivity index (χ2v) is 8.40. The van der Waals surface area contributed by atoms with E-state index in [1.807, 2.05) is 38.1 Å². The highest BCUT2D eigenvalue weighted by Crippen LogP contribution is 2.44. The lowest BCUT2D eigenvalue weighted by molar-refractivity contribution is -0.146. The van der Waals surface area contributed by atoms with Gasteiger partial charge in [0.2, 0.25) is 0 Å². The molecule has 28 heavy (non-hydrogen) atoms. The van der Waals surface area contributed by atoms with E-state index in [1.54, 1.807) is 0 Å². The van der Waals surface area contributed by atoms with Gasteiger partial charge in [-0.25, -0.2) is 4.79 Å². The van der Waals surface area contributed by atoms with Gasteiger partial charge in [-0.05, 0) is 63.5 Å². The number of benzene rings is 1. The molecule has 0 N–H and O–H groups in total. The number of carbonyl (C=O) groups is 2. The molecular weight excluding hydrogens is 350 g/mol. The van der Waals surface area contributed by atoms with Gasteiger partial charge in [-0.3, -0.25) is 9.79 Å². The van der Waals surface area contributed by atoms with Gasteiger partial charge in [0.25, 0.3) is 0 Å². The van der Waals surface area contributed by atoms with Crippen LogP contribution in [0.5, 0.6) is 0 Å². The Labute approximate surface area is 167 Å². The van der Waals surface area contributed by atoms with Crippen LogP contribution in [0.3, 0.4) is 0 Å². The van der Waals surface area contributed by atoms with E-state index in [0.717, 1.165) is 61.1 Å². The van der Waals surface area contributed by atoms with Gasteiger partial charge in [0.05, 0.1) is 11.5 Å². The maximum absolute atomic E-state index is 13.3. The predicted octanol–water partition coefficient (Wildman–Crippen LogP) is 5.05. The number of allylic oxidation sites excluding steroid dienone is 1. The minimum absolute atomic E-state index is 0.00787. The number of esters is 1. The Morgan fingerprint density at radius 1 is 1.00 bits per heavy atom. The first kappa shape index (κ1) is 19.1. The maximum Gasteiger partial charge on any atom is 0.336 e. The van der Waals surface area contributed by atoms with Crippen molar-refractivity contribution in [1.29, 1.82) is 0 Å². The molecule has 3 aliphatic rings. The number of hydrogen-bond donors (Lipinski definition) is 0. The first-order valence-corrected chi connectivity index (χ1v) is 10.6. The van der Waals surface area contributed by atoms with Gasteiger partial charge < -0.3 is 4.74 Å². The van der Waals surface area contributed by atoms with Crippen LogP contribution in [0.4, 0.5) is 0 Å². The quantitative estimate of drug-likeness (QED) is 0.690. The molecule has 2 saturated carbocycles. The lowest BCUT2D eigenvalue weighted by Gasteiger charge is -2.36. The van der Waals surface area contributed by atoms with E-state index in [0.29, 0.717) is 12.0 Å². The van der Waals surface area contributed by atoms with Gasteiger partial charge in [0, 0.05) is 23.7 Å². The summed E-state index contributed by atoms with van der Waals surface area (Å²) in [4.78, 5) is 31.0. The molecule has 4 heteroatoms. The Hall–Kier alpha value is -2.23. The van der Waals surface area contributed by atoms with Crippen LogP contribution in [-0.2, 0) is 14.3 Å². The van der Waals surface area contributed by atoms with E-state index in [4.69, 9.17) is 9.73 Å². The van der Waals surface area contributed by atoms with Gasteiger partial charge in [0.1, 0.15) is 11.9 Å². The second kappa shape index (κ2) is 8.02. The number of ketones is 1. The summed E-state index contributed by atoms with van der Waals surface area (Å²) in [5, 5.41) is 0. The van der Waals surface area contributed by atoms with Crippen LogP contribution < -0.4 is 0 Å². The highest BCUT2D eigenvalue weighted by atomic mass is 16.5. The van der Waals surface area contributed by atoms with Crippen LogP contribution in [0.1, 0.15) is 75.3 Å². The first-order valence-electron chi connectivity index (χ1n) is 10.6. The second-order valence-electron chi connectivity index (χ2n) is 8.40. The van der Waals surface area contributed by atoms with Crippen molar-refractivity contribution < 1.29 is 14.3 Å². The fourth-order valence-corrected chi connectivity index (χ4v) is 5.05. The lowest BCUT2D eigenvalue weighted by atomic mass is 9.68. The van der Waals surface area contributed by atoms with Crippen molar-refractivity contribution in [2.75, 3.05) is 0 Å². The fourth-order valence-electron chi connectivity index (χ4n) is 5.05. The molecule has 0 bridgehead atoms. The highest BCUT2D eigenvalue weighted by Gasteiger charge is 2.44. The van der Waals surface area contributed by atoms with Crippen molar-refractivity contribution >= 4 is 17.5 Å². The number of aryl methyl sites for hydroxylation is 1. The third-order valence-electron chi connectivity index (χ3n) is 6.48. The zero-order valence-corrected chi connectivity index (χ0v) is 16.9. The molecular formula is C24H29NO3. The Morgan fingerprint density at radius 3 is 2.50 bits per heavy atom. The van der Waals surface area contributed by atoms with Crippen LogP contribution in [-0.4, -0.2) is 23.6 Å². The third-order valence-corrected chi connectivity index (χ3v) is 6.48. The number of aliphatic imine (C=N–C) groups is 1. The number of hydrogen-bond acceptors (Lipinski definition) is 4. The Balaban J connectivity index is 1.75. The summed E-state index contributed by atoms with van der Waals surface area (Å²) in [7, 11) is 0. The number of rotatable bonds is 3. The van der Waals surface area contributed by atoms with E-state index in [-0.39, 0.29) is 29.7 Å². The average molecular weight is 380 g/mol. The van der Waals surface area contributed by atoms with E-state index in [2.05, 4.69) is 0 Å². The minimum Gasteiger partial charge on any atom is -0.459 e. The fraction of sp³-hybridized carbons (Fsp3) is 0.542. The van der Waals surface area contributed by atoms with Crippen molar-refractivity contribution in [1.82, 2.24) is 0 Å². The zero-order valence-electron chi connectivity index (χ0n) is 16.9.